The Labute approximate surface area is 256 Å². The van der Waals surface area contributed by atoms with Gasteiger partial charge in [0.25, 0.3) is 5.95 Å². The van der Waals surface area contributed by atoms with Crippen molar-refractivity contribution in [1.29, 1.82) is 0 Å². The average Bonchev–Trinajstić information content (AvgIpc) is 3.46. The van der Waals surface area contributed by atoms with Crippen molar-refractivity contribution in [1.82, 2.24) is 20.2 Å². The lowest BCUT2D eigenvalue weighted by Gasteiger charge is -2.70. The number of Topliss-reactive ketones (excluding diaryl/α,β-unsaturated/α-hetero) is 1. The summed E-state index contributed by atoms with van der Waals surface area (Å²) in [4.78, 5) is 41.3. The largest absolute Gasteiger partial charge is 0.462 e. The molecule has 9 nitrogen and oxygen atoms in total. The van der Waals surface area contributed by atoms with Gasteiger partial charge in [0, 0.05) is 24.7 Å². The molecule has 0 bridgehead atoms. The third kappa shape index (κ3) is 4.07. The second kappa shape index (κ2) is 9.71. The Kier molecular flexibility index (Phi) is 6.87. The summed E-state index contributed by atoms with van der Waals surface area (Å²) in [6, 6.07) is 0. The van der Waals surface area contributed by atoms with Gasteiger partial charge in [-0.1, -0.05) is 59.1 Å². The van der Waals surface area contributed by atoms with E-state index in [1.165, 1.54) is 17.3 Å². The van der Waals surface area contributed by atoms with Crippen LogP contribution in [0.3, 0.4) is 0 Å². The number of nitrogens with one attached hydrogen (secondary N) is 1. The maximum atomic E-state index is 14.2. The Morgan fingerprint density at radius 3 is 2.35 bits per heavy atom. The lowest BCUT2D eigenvalue weighted by atomic mass is 9.34. The summed E-state index contributed by atoms with van der Waals surface area (Å²) < 4.78 is 5.91. The van der Waals surface area contributed by atoms with Gasteiger partial charge in [-0.25, -0.2) is 0 Å². The van der Waals surface area contributed by atoms with E-state index in [1.54, 1.807) is 7.05 Å². The fraction of sp³-hybridized carbons (Fsp3) is 0.824. The van der Waals surface area contributed by atoms with Crippen LogP contribution in [0.4, 0.5) is 5.95 Å². The maximum Gasteiger partial charge on any atom is 0.302 e. The Balaban J connectivity index is 1.42. The van der Waals surface area contributed by atoms with E-state index >= 15 is 0 Å². The summed E-state index contributed by atoms with van der Waals surface area (Å²) in [5.41, 5.74) is 1.66. The van der Waals surface area contributed by atoms with E-state index in [2.05, 4.69) is 69.2 Å². The van der Waals surface area contributed by atoms with Gasteiger partial charge in [-0.05, 0) is 96.2 Å². The zero-order valence-corrected chi connectivity index (χ0v) is 27.7. The summed E-state index contributed by atoms with van der Waals surface area (Å²) >= 11 is 0. The molecule has 236 valence electrons. The third-order valence-corrected chi connectivity index (χ3v) is 13.8. The number of hydrogen-bond donors (Lipinski definition) is 1. The molecule has 1 heterocycles. The first-order chi connectivity index (χ1) is 20.0. The number of carbonyl (C=O) groups is 3. The molecule has 1 amide bonds. The molecule has 0 aliphatic heterocycles. The number of ether oxygens (including phenoxy) is 1. The van der Waals surface area contributed by atoms with Crippen molar-refractivity contribution in [3.63, 3.8) is 0 Å². The number of fused-ring (bicyclic) bond motifs is 6. The number of hydrogen-bond acceptors (Lipinski definition) is 7. The lowest BCUT2D eigenvalue weighted by Crippen LogP contribution is -2.64. The molecule has 43 heavy (non-hydrogen) atoms. The van der Waals surface area contributed by atoms with Crippen molar-refractivity contribution in [2.45, 2.75) is 119 Å². The van der Waals surface area contributed by atoms with E-state index in [-0.39, 0.29) is 69.6 Å². The van der Waals surface area contributed by atoms with E-state index < -0.39 is 5.41 Å². The molecule has 5 aliphatic rings. The fourth-order valence-electron chi connectivity index (χ4n) is 11.7. The summed E-state index contributed by atoms with van der Waals surface area (Å²) in [7, 11) is 1.67. The number of amides is 1. The number of nitrogens with zero attached hydrogens (tertiary/aromatic N) is 4. The van der Waals surface area contributed by atoms with Gasteiger partial charge in [-0.3, -0.25) is 19.7 Å². The lowest BCUT2D eigenvalue weighted by molar-refractivity contribution is -0.213. The molecule has 9 heteroatoms. The summed E-state index contributed by atoms with van der Waals surface area (Å²) in [5, 5.41) is 15.1. The summed E-state index contributed by atoms with van der Waals surface area (Å²) in [6.07, 6.45) is 7.91. The Morgan fingerprint density at radius 2 is 1.72 bits per heavy atom. The van der Waals surface area contributed by atoms with Crippen LogP contribution < -0.4 is 5.32 Å². The number of ketones is 1. The maximum absolute atomic E-state index is 14.2. The predicted molar refractivity (Wildman–Crippen MR) is 162 cm³/mol. The van der Waals surface area contributed by atoms with Gasteiger partial charge in [0.1, 0.15) is 11.9 Å². The molecule has 6 rings (SSSR count). The zero-order chi connectivity index (χ0) is 31.3. The smallest absolute Gasteiger partial charge is 0.302 e. The Bertz CT molecular complexity index is 1400. The minimum atomic E-state index is -0.853. The minimum Gasteiger partial charge on any atom is -0.462 e. The van der Waals surface area contributed by atoms with Crippen molar-refractivity contribution < 1.29 is 19.1 Å². The predicted octanol–water partition coefficient (Wildman–Crippen LogP) is 6.06. The van der Waals surface area contributed by atoms with Crippen molar-refractivity contribution in [3.8, 4) is 0 Å². The van der Waals surface area contributed by atoms with Crippen molar-refractivity contribution in [3.05, 3.63) is 11.1 Å². The number of carbonyl (C=O) groups excluding carboxylic acids is 3. The topological polar surface area (TPSA) is 116 Å². The number of anilines is 1. The van der Waals surface area contributed by atoms with Crippen molar-refractivity contribution in [2.24, 2.45) is 57.8 Å². The second-order valence-electron chi connectivity index (χ2n) is 16.3. The summed E-state index contributed by atoms with van der Waals surface area (Å²) in [6.45, 7) is 17.9. The average molecular weight is 594 g/mol. The molecule has 0 aromatic carbocycles. The number of aromatic nitrogens is 4. The molecule has 4 saturated carbocycles. The van der Waals surface area contributed by atoms with Crippen LogP contribution in [0.5, 0.6) is 0 Å². The monoisotopic (exact) mass is 593 g/mol. The highest BCUT2D eigenvalue weighted by Crippen LogP contribution is 2.76. The van der Waals surface area contributed by atoms with Crippen LogP contribution in [0.2, 0.25) is 0 Å². The molecule has 0 saturated heterocycles. The van der Waals surface area contributed by atoms with Gasteiger partial charge in [0.05, 0.1) is 12.5 Å². The van der Waals surface area contributed by atoms with E-state index in [4.69, 9.17) is 4.74 Å². The van der Waals surface area contributed by atoms with E-state index in [1.807, 2.05) is 0 Å². The molecular formula is C34H51N5O4. The molecule has 5 aliphatic carbocycles. The van der Waals surface area contributed by atoms with E-state index in [0.717, 1.165) is 50.5 Å². The standard InChI is InChI=1S/C34H51N5O4/c1-19(2)26-22(41)18-34(28(42)35-29-36-38-39(9)37-29)17-16-32(7)21(27(26)34)10-11-24-31(6)14-13-25(43-20(3)40)30(4,5)23(31)12-15-33(24,32)8/h19,23-26H,10-18H2,1-9H3,(H,35,37,42)/t23?,24?,25-,26?,31-,32+,33+,34+/m0/s1. The molecule has 1 aromatic heterocycles. The molecular weight excluding hydrogens is 542 g/mol. The van der Waals surface area contributed by atoms with Gasteiger partial charge < -0.3 is 4.74 Å². The first-order valence-electron chi connectivity index (χ1n) is 16.5. The van der Waals surface area contributed by atoms with Crippen LogP contribution in [0.1, 0.15) is 113 Å². The molecule has 1 N–H and O–H groups in total. The molecule has 8 atom stereocenters. The van der Waals surface area contributed by atoms with Crippen molar-refractivity contribution >= 4 is 23.6 Å². The third-order valence-electron chi connectivity index (χ3n) is 13.8. The van der Waals surface area contributed by atoms with Gasteiger partial charge in [-0.15, -0.1) is 5.10 Å². The van der Waals surface area contributed by atoms with E-state index in [9.17, 15) is 14.4 Å². The number of esters is 1. The highest BCUT2D eigenvalue weighted by atomic mass is 16.5. The van der Waals surface area contributed by atoms with Crippen molar-refractivity contribution in [2.75, 3.05) is 5.32 Å². The first kappa shape index (κ1) is 30.4. The summed E-state index contributed by atoms with van der Waals surface area (Å²) in [5.74, 6) is 0.919. The fourth-order valence-corrected chi connectivity index (χ4v) is 11.7. The second-order valence-corrected chi connectivity index (χ2v) is 16.3. The molecule has 3 unspecified atom stereocenters. The highest BCUT2D eigenvalue weighted by Gasteiger charge is 2.69. The van der Waals surface area contributed by atoms with E-state index in [0.29, 0.717) is 18.3 Å². The molecule has 0 radical (unpaired) electrons. The normalized spacial score (nSPS) is 41.7. The van der Waals surface area contributed by atoms with Gasteiger partial charge in [-0.2, -0.15) is 4.80 Å². The molecule has 4 fully saturated rings. The number of allylic oxidation sites excluding steroid dienone is 1. The van der Waals surface area contributed by atoms with Crippen LogP contribution in [0, 0.1) is 50.7 Å². The van der Waals surface area contributed by atoms with Crippen LogP contribution >= 0.6 is 0 Å². The Hall–Kier alpha value is -2.58. The zero-order valence-electron chi connectivity index (χ0n) is 27.7. The quantitative estimate of drug-likeness (QED) is 0.333. The van der Waals surface area contributed by atoms with Crippen LogP contribution in [-0.4, -0.2) is 44.0 Å². The van der Waals surface area contributed by atoms with Gasteiger partial charge >= 0.3 is 5.97 Å². The number of aryl methyl sites for hydroxylation is 1. The Morgan fingerprint density at radius 1 is 1.00 bits per heavy atom. The number of rotatable bonds is 4. The highest BCUT2D eigenvalue weighted by molar-refractivity contribution is 6.05. The first-order valence-corrected chi connectivity index (χ1v) is 16.5. The number of tetrazole rings is 1. The van der Waals surface area contributed by atoms with Crippen LogP contribution in [-0.2, 0) is 26.2 Å². The van der Waals surface area contributed by atoms with Gasteiger partial charge in [0.15, 0.2) is 0 Å². The molecule has 1 aromatic rings. The van der Waals surface area contributed by atoms with Crippen LogP contribution in [0.15, 0.2) is 11.1 Å². The SMILES string of the molecule is CC(=O)O[C@H]1CC[C@@]2(C)C(CC[C@]3(C)C2CCC2=C4C(C(C)C)C(=O)C[C@]4(C(=O)Nc4nnn(C)n4)CC[C@]23C)C1(C)C. The molecule has 0 spiro atoms. The van der Waals surface area contributed by atoms with Gasteiger partial charge in [0.2, 0.25) is 5.91 Å². The minimum absolute atomic E-state index is 0.0433. The van der Waals surface area contributed by atoms with Crippen LogP contribution in [0.25, 0.3) is 0 Å².